The molecule has 0 spiro atoms. The monoisotopic (exact) mass is 977 g/mol. The van der Waals surface area contributed by atoms with Gasteiger partial charge in [-0.3, -0.25) is 0 Å². The third kappa shape index (κ3) is 31.5. The molecule has 66 heavy (non-hydrogen) atoms. The number of aromatic amines is 2. The summed E-state index contributed by atoms with van der Waals surface area (Å²) in [6, 6.07) is 3.49. The Morgan fingerprint density at radius 3 is 1.21 bits per heavy atom. The van der Waals surface area contributed by atoms with Crippen LogP contribution in [0.5, 0.6) is 0 Å². The lowest BCUT2D eigenvalue weighted by Gasteiger charge is -2.13. The van der Waals surface area contributed by atoms with Crippen LogP contribution in [0.3, 0.4) is 0 Å². The lowest BCUT2D eigenvalue weighted by atomic mass is 10.1. The standard InChI is InChI=1S/C26H44ClNO7.C23H38ClNO6/c1-4-6-7-8-9-10-11-12-13-14-15-22-20-23(27)24(28-22)25(29)34-21(3)35-26(30)33-19-18-32-17-16-31-5-2;1-4-5-6-7-8-9-10-11-12-13-14-19-17-20(24)21(25-19)22(26)30-18(2)31-23(27)29-16-15-28-3/h20-21,28H,4-19H2,1-3H3;17-18,25H,4-16H2,1-3H3. The number of unbranched alkanes of at least 4 members (excludes halogenated alkanes) is 18. The molecule has 2 aromatic heterocycles. The molecule has 0 aliphatic carbocycles. The third-order valence-electron chi connectivity index (χ3n) is 10.3. The molecule has 0 amide bonds. The van der Waals surface area contributed by atoms with E-state index in [0.29, 0.717) is 24.8 Å². The van der Waals surface area contributed by atoms with E-state index in [4.69, 9.17) is 65.8 Å². The minimum absolute atomic E-state index is 0.0242. The molecule has 2 atom stereocenters. The third-order valence-corrected chi connectivity index (χ3v) is 10.9. The molecule has 380 valence electrons. The second-order valence-corrected chi connectivity index (χ2v) is 16.9. The molecule has 2 N–H and O–H groups in total. The molecule has 0 aliphatic heterocycles. The molecule has 0 saturated carbocycles. The van der Waals surface area contributed by atoms with Crippen molar-refractivity contribution in [2.24, 2.45) is 0 Å². The number of carbonyl (C=O) groups is 4. The van der Waals surface area contributed by atoms with Crippen LogP contribution < -0.4 is 0 Å². The smallest absolute Gasteiger partial charge is 0.432 e. The first kappa shape index (κ1) is 60.5. The number of aryl methyl sites for hydroxylation is 2. The van der Waals surface area contributed by atoms with Gasteiger partial charge in [0.2, 0.25) is 12.6 Å². The van der Waals surface area contributed by atoms with Crippen LogP contribution in [0.1, 0.15) is 195 Å². The maximum Gasteiger partial charge on any atom is 0.511 e. The van der Waals surface area contributed by atoms with Crippen LogP contribution in [0.15, 0.2) is 12.1 Å². The van der Waals surface area contributed by atoms with Crippen LogP contribution in [-0.4, -0.2) is 100 Å². The maximum atomic E-state index is 12.4. The van der Waals surface area contributed by atoms with Gasteiger partial charge in [0.05, 0.1) is 36.5 Å². The maximum absolute atomic E-state index is 12.4. The van der Waals surface area contributed by atoms with E-state index >= 15 is 0 Å². The minimum Gasteiger partial charge on any atom is -0.432 e. The highest BCUT2D eigenvalue weighted by molar-refractivity contribution is 6.33. The summed E-state index contributed by atoms with van der Waals surface area (Å²) in [4.78, 5) is 53.9. The Morgan fingerprint density at radius 1 is 0.485 bits per heavy atom. The van der Waals surface area contributed by atoms with E-state index in [1.54, 1.807) is 12.1 Å². The molecule has 2 unspecified atom stereocenters. The number of esters is 2. The molecule has 2 aromatic rings. The van der Waals surface area contributed by atoms with E-state index in [1.807, 2.05) is 6.92 Å². The van der Waals surface area contributed by atoms with Crippen LogP contribution in [0.4, 0.5) is 9.59 Å². The van der Waals surface area contributed by atoms with Gasteiger partial charge in [0.15, 0.2) is 0 Å². The second kappa shape index (κ2) is 40.6. The number of H-pyrrole nitrogens is 2. The summed E-state index contributed by atoms with van der Waals surface area (Å²) in [6.07, 6.45) is 22.9. The van der Waals surface area contributed by atoms with Gasteiger partial charge in [0.25, 0.3) is 0 Å². The van der Waals surface area contributed by atoms with E-state index in [2.05, 4.69) is 23.8 Å². The molecule has 0 aromatic carbocycles. The first-order valence-corrected chi connectivity index (χ1v) is 25.2. The van der Waals surface area contributed by atoms with Crippen molar-refractivity contribution in [2.45, 2.75) is 188 Å². The van der Waals surface area contributed by atoms with Crippen molar-refractivity contribution in [1.29, 1.82) is 0 Å². The highest BCUT2D eigenvalue weighted by Crippen LogP contribution is 2.23. The fourth-order valence-corrected chi connectivity index (χ4v) is 7.21. The van der Waals surface area contributed by atoms with Crippen LogP contribution in [0.2, 0.25) is 10.0 Å². The Kier molecular flexibility index (Phi) is 37.2. The lowest BCUT2D eigenvalue weighted by Crippen LogP contribution is -2.23. The van der Waals surface area contributed by atoms with Crippen molar-refractivity contribution >= 4 is 47.5 Å². The highest BCUT2D eigenvalue weighted by atomic mass is 35.5. The largest absolute Gasteiger partial charge is 0.511 e. The zero-order chi connectivity index (χ0) is 48.6. The van der Waals surface area contributed by atoms with Crippen molar-refractivity contribution in [1.82, 2.24) is 9.97 Å². The molecular formula is C49H82Cl2N2O13. The zero-order valence-corrected chi connectivity index (χ0v) is 42.4. The van der Waals surface area contributed by atoms with E-state index in [0.717, 1.165) is 49.9 Å². The Labute approximate surface area is 404 Å². The van der Waals surface area contributed by atoms with Crippen molar-refractivity contribution in [2.75, 3.05) is 53.4 Å². The summed E-state index contributed by atoms with van der Waals surface area (Å²) >= 11 is 12.4. The predicted octanol–water partition coefficient (Wildman–Crippen LogP) is 13.3. The summed E-state index contributed by atoms with van der Waals surface area (Å²) in [5.41, 5.74) is 2.09. The highest BCUT2D eigenvalue weighted by Gasteiger charge is 2.22. The summed E-state index contributed by atoms with van der Waals surface area (Å²) in [5.74, 6) is -1.37. The molecule has 0 aliphatic rings. The average molecular weight is 978 g/mol. The van der Waals surface area contributed by atoms with E-state index in [1.165, 1.54) is 124 Å². The van der Waals surface area contributed by atoms with Gasteiger partial charge < -0.3 is 52.6 Å². The number of rotatable bonds is 38. The first-order valence-electron chi connectivity index (χ1n) is 24.4. The first-order chi connectivity index (χ1) is 31.9. The molecule has 2 rings (SSSR count). The Bertz CT molecular complexity index is 1550. The zero-order valence-electron chi connectivity index (χ0n) is 40.9. The van der Waals surface area contributed by atoms with Gasteiger partial charge >= 0.3 is 24.2 Å². The van der Waals surface area contributed by atoms with Crippen molar-refractivity contribution in [3.63, 3.8) is 0 Å². The lowest BCUT2D eigenvalue weighted by molar-refractivity contribution is -0.0862. The molecule has 17 heteroatoms. The molecule has 0 bridgehead atoms. The molecule has 0 saturated heterocycles. The number of aromatic nitrogens is 2. The fourth-order valence-electron chi connectivity index (χ4n) is 6.70. The van der Waals surface area contributed by atoms with Gasteiger partial charge in [-0.2, -0.15) is 0 Å². The Balaban J connectivity index is 0.000000665. The van der Waals surface area contributed by atoms with Gasteiger partial charge in [0, 0.05) is 39.0 Å². The topological polar surface area (TPSA) is 183 Å². The van der Waals surface area contributed by atoms with Crippen LogP contribution in [-0.2, 0) is 55.5 Å². The second-order valence-electron chi connectivity index (χ2n) is 16.1. The summed E-state index contributed by atoms with van der Waals surface area (Å²) in [6.45, 7) is 11.3. The normalized spacial score (nSPS) is 11.9. The number of nitrogens with one attached hydrogen (secondary N) is 2. The molecule has 2 heterocycles. The van der Waals surface area contributed by atoms with Gasteiger partial charge in [-0.05, 0) is 44.7 Å². The summed E-state index contributed by atoms with van der Waals surface area (Å²) in [5, 5.41) is 0.581. The van der Waals surface area contributed by atoms with Crippen molar-refractivity contribution in [3.05, 3.63) is 45.0 Å². The van der Waals surface area contributed by atoms with Crippen LogP contribution in [0, 0.1) is 0 Å². The Morgan fingerprint density at radius 2 is 0.833 bits per heavy atom. The SMILES string of the molecule is CCCCCCCCCCCCc1cc(Cl)c(C(=O)OC(C)OC(=O)OCCOC)[nH]1.CCCCCCCCCCCCc1cc(Cl)c(C(=O)OC(C)OC(=O)OCCOCCOCC)[nH]1. The van der Waals surface area contributed by atoms with Crippen molar-refractivity contribution in [3.8, 4) is 0 Å². The van der Waals surface area contributed by atoms with Crippen molar-refractivity contribution < 1.29 is 61.8 Å². The molecular weight excluding hydrogens is 895 g/mol. The quantitative estimate of drug-likeness (QED) is 0.0281. The average Bonchev–Trinajstić information content (AvgIpc) is 3.85. The van der Waals surface area contributed by atoms with Crippen LogP contribution >= 0.6 is 23.2 Å². The van der Waals surface area contributed by atoms with Gasteiger partial charge in [-0.15, -0.1) is 0 Å². The van der Waals surface area contributed by atoms with Gasteiger partial charge in [-0.25, -0.2) is 19.2 Å². The van der Waals surface area contributed by atoms with Gasteiger partial charge in [0.1, 0.15) is 24.6 Å². The number of halogens is 2. The fraction of sp³-hybridized carbons (Fsp3) is 0.755. The number of hydrogen-bond acceptors (Lipinski definition) is 13. The van der Waals surface area contributed by atoms with Crippen LogP contribution in [0.25, 0.3) is 0 Å². The molecule has 0 radical (unpaired) electrons. The van der Waals surface area contributed by atoms with Gasteiger partial charge in [-0.1, -0.05) is 153 Å². The summed E-state index contributed by atoms with van der Waals surface area (Å²) in [7, 11) is 1.49. The molecule has 15 nitrogen and oxygen atoms in total. The minimum atomic E-state index is -1.13. The number of hydrogen-bond donors (Lipinski definition) is 2. The predicted molar refractivity (Wildman–Crippen MR) is 257 cm³/mol. The Hall–Kier alpha value is -3.50. The van der Waals surface area contributed by atoms with E-state index in [9.17, 15) is 19.2 Å². The number of methoxy groups -OCH3 is 1. The summed E-state index contributed by atoms with van der Waals surface area (Å²) < 4.78 is 44.8. The van der Waals surface area contributed by atoms with E-state index in [-0.39, 0.29) is 42.8 Å². The van der Waals surface area contributed by atoms with E-state index < -0.39 is 36.8 Å². The molecule has 0 fully saturated rings. The number of ether oxygens (including phenoxy) is 9. The number of carbonyl (C=O) groups excluding carboxylic acids is 4.